The second-order valence-electron chi connectivity index (χ2n) is 4.97. The molecule has 2 rings (SSSR count). The van der Waals surface area contributed by atoms with E-state index in [0.29, 0.717) is 6.61 Å². The van der Waals surface area contributed by atoms with E-state index in [1.54, 1.807) is 6.07 Å². The van der Waals surface area contributed by atoms with Crippen molar-refractivity contribution in [2.24, 2.45) is 5.41 Å². The lowest BCUT2D eigenvalue weighted by atomic mass is 9.63. The fraction of sp³-hybridized carbons (Fsp3) is 0.533. The summed E-state index contributed by atoms with van der Waals surface area (Å²) < 4.78 is 19.1. The molecule has 4 heteroatoms. The average molecular weight is 262 g/mol. The van der Waals surface area contributed by atoms with E-state index in [0.717, 1.165) is 24.8 Å². The lowest BCUT2D eigenvalue weighted by molar-refractivity contribution is 0.148. The van der Waals surface area contributed by atoms with E-state index >= 15 is 0 Å². The van der Waals surface area contributed by atoms with E-state index in [2.05, 4.69) is 11.4 Å². The molecule has 0 heterocycles. The van der Waals surface area contributed by atoms with Crippen LogP contribution in [0, 0.1) is 22.6 Å². The number of ether oxygens (including phenoxy) is 1. The van der Waals surface area contributed by atoms with Gasteiger partial charge in [0, 0.05) is 0 Å². The fourth-order valence-corrected chi connectivity index (χ4v) is 2.75. The average Bonchev–Trinajstić information content (AvgIpc) is 2.36. The first-order valence-corrected chi connectivity index (χ1v) is 6.67. The molecule has 1 aromatic rings. The standard InChI is InChI=1S/C15H19FN2O/c1-3-19-13-6-5-11(9-12(13)16)14(18-2)15(10-17)7-4-8-15/h5-6,9,14,18H,3-4,7-8H2,1-2H3. The van der Waals surface area contributed by atoms with Crippen LogP contribution in [-0.2, 0) is 0 Å². The molecule has 0 saturated heterocycles. The Balaban J connectivity index is 2.29. The normalized spacial score (nSPS) is 18.2. The molecule has 1 fully saturated rings. The second-order valence-corrected chi connectivity index (χ2v) is 4.97. The molecule has 1 aliphatic rings. The van der Waals surface area contributed by atoms with Crippen LogP contribution in [0.4, 0.5) is 4.39 Å². The molecule has 1 unspecified atom stereocenters. The highest BCUT2D eigenvalue weighted by molar-refractivity contribution is 5.34. The van der Waals surface area contributed by atoms with E-state index in [1.165, 1.54) is 6.07 Å². The predicted molar refractivity (Wildman–Crippen MR) is 71.3 cm³/mol. The molecule has 102 valence electrons. The minimum Gasteiger partial charge on any atom is -0.491 e. The van der Waals surface area contributed by atoms with Gasteiger partial charge in [-0.15, -0.1) is 0 Å². The Hall–Kier alpha value is -1.60. The Kier molecular flexibility index (Phi) is 4.06. The number of hydrogen-bond acceptors (Lipinski definition) is 3. The largest absolute Gasteiger partial charge is 0.491 e. The van der Waals surface area contributed by atoms with E-state index in [4.69, 9.17) is 4.74 Å². The molecule has 3 nitrogen and oxygen atoms in total. The van der Waals surface area contributed by atoms with Crippen LogP contribution in [0.3, 0.4) is 0 Å². The smallest absolute Gasteiger partial charge is 0.165 e. The first-order valence-electron chi connectivity index (χ1n) is 6.67. The monoisotopic (exact) mass is 262 g/mol. The quantitative estimate of drug-likeness (QED) is 0.886. The number of nitriles is 1. The summed E-state index contributed by atoms with van der Waals surface area (Å²) in [4.78, 5) is 0. The number of nitrogens with one attached hydrogen (secondary N) is 1. The maximum atomic E-state index is 13.9. The maximum absolute atomic E-state index is 13.9. The van der Waals surface area contributed by atoms with Crippen LogP contribution in [0.5, 0.6) is 5.75 Å². The summed E-state index contributed by atoms with van der Waals surface area (Å²) in [5.41, 5.74) is 0.415. The topological polar surface area (TPSA) is 45.0 Å². The third kappa shape index (κ3) is 2.43. The molecule has 0 bridgehead atoms. The van der Waals surface area contributed by atoms with Gasteiger partial charge in [-0.3, -0.25) is 0 Å². The van der Waals surface area contributed by atoms with Crippen molar-refractivity contribution >= 4 is 0 Å². The van der Waals surface area contributed by atoms with Gasteiger partial charge in [0.25, 0.3) is 0 Å². The SMILES string of the molecule is CCOc1ccc(C(NC)C2(C#N)CCC2)cc1F. The van der Waals surface area contributed by atoms with Crippen molar-refractivity contribution in [1.82, 2.24) is 5.32 Å². The van der Waals surface area contributed by atoms with E-state index < -0.39 is 5.41 Å². The van der Waals surface area contributed by atoms with Crippen molar-refractivity contribution in [2.75, 3.05) is 13.7 Å². The third-order valence-corrected chi connectivity index (χ3v) is 3.90. The molecule has 1 saturated carbocycles. The van der Waals surface area contributed by atoms with Crippen LogP contribution in [0.25, 0.3) is 0 Å². The number of benzene rings is 1. The minimum absolute atomic E-state index is 0.128. The van der Waals surface area contributed by atoms with Crippen LogP contribution in [0.15, 0.2) is 18.2 Å². The highest BCUT2D eigenvalue weighted by Crippen LogP contribution is 2.49. The summed E-state index contributed by atoms with van der Waals surface area (Å²) in [5, 5.41) is 12.6. The Labute approximate surface area is 113 Å². The maximum Gasteiger partial charge on any atom is 0.165 e. The van der Waals surface area contributed by atoms with Gasteiger partial charge in [-0.1, -0.05) is 12.5 Å². The summed E-state index contributed by atoms with van der Waals surface area (Å²) in [6.07, 6.45) is 2.79. The summed E-state index contributed by atoms with van der Waals surface area (Å²) in [6.45, 7) is 2.26. The van der Waals surface area contributed by atoms with Crippen molar-refractivity contribution in [3.05, 3.63) is 29.6 Å². The first-order chi connectivity index (χ1) is 9.16. The van der Waals surface area contributed by atoms with Gasteiger partial charge in [0.1, 0.15) is 0 Å². The molecule has 0 radical (unpaired) electrons. The summed E-state index contributed by atoms with van der Waals surface area (Å²) in [7, 11) is 1.82. The Morgan fingerprint density at radius 2 is 2.26 bits per heavy atom. The molecule has 0 aliphatic heterocycles. The van der Waals surface area contributed by atoms with E-state index in [9.17, 15) is 9.65 Å². The summed E-state index contributed by atoms with van der Waals surface area (Å²) in [6, 6.07) is 7.24. The molecule has 0 spiro atoms. The Bertz CT molecular complexity index is 491. The molecule has 1 aromatic carbocycles. The Morgan fingerprint density at radius 1 is 1.53 bits per heavy atom. The zero-order valence-electron chi connectivity index (χ0n) is 11.4. The minimum atomic E-state index is -0.395. The van der Waals surface area contributed by atoms with Gasteiger partial charge in [-0.05, 0) is 44.5 Å². The Morgan fingerprint density at radius 3 is 2.68 bits per heavy atom. The van der Waals surface area contributed by atoms with Gasteiger partial charge in [0.05, 0.1) is 24.1 Å². The van der Waals surface area contributed by atoms with Crippen molar-refractivity contribution in [3.63, 3.8) is 0 Å². The molecular formula is C15H19FN2O. The molecular weight excluding hydrogens is 243 g/mol. The van der Waals surface area contributed by atoms with E-state index in [-0.39, 0.29) is 17.6 Å². The predicted octanol–water partition coefficient (Wildman–Crippen LogP) is 3.18. The highest BCUT2D eigenvalue weighted by atomic mass is 19.1. The molecule has 19 heavy (non-hydrogen) atoms. The number of nitrogens with zero attached hydrogens (tertiary/aromatic N) is 1. The molecule has 1 atom stereocenters. The van der Waals surface area contributed by atoms with Crippen LogP contribution < -0.4 is 10.1 Å². The summed E-state index contributed by atoms with van der Waals surface area (Å²) >= 11 is 0. The van der Waals surface area contributed by atoms with Gasteiger partial charge in [-0.2, -0.15) is 5.26 Å². The van der Waals surface area contributed by atoms with Gasteiger partial charge in [0.15, 0.2) is 11.6 Å². The fourth-order valence-electron chi connectivity index (χ4n) is 2.75. The van der Waals surface area contributed by atoms with Gasteiger partial charge >= 0.3 is 0 Å². The van der Waals surface area contributed by atoms with Gasteiger partial charge in [0.2, 0.25) is 0 Å². The van der Waals surface area contributed by atoms with Gasteiger partial charge < -0.3 is 10.1 Å². The van der Waals surface area contributed by atoms with Crippen molar-refractivity contribution in [1.29, 1.82) is 5.26 Å². The first kappa shape index (κ1) is 13.8. The highest BCUT2D eigenvalue weighted by Gasteiger charge is 2.44. The number of halogens is 1. The second kappa shape index (κ2) is 5.58. The zero-order chi connectivity index (χ0) is 13.9. The van der Waals surface area contributed by atoms with Crippen molar-refractivity contribution < 1.29 is 9.13 Å². The summed E-state index contributed by atoms with van der Waals surface area (Å²) in [5.74, 6) is -0.104. The number of hydrogen-bond donors (Lipinski definition) is 1. The molecule has 0 aromatic heterocycles. The van der Waals surface area contributed by atoms with Crippen LogP contribution in [-0.4, -0.2) is 13.7 Å². The zero-order valence-corrected chi connectivity index (χ0v) is 11.4. The van der Waals surface area contributed by atoms with Crippen LogP contribution in [0.2, 0.25) is 0 Å². The molecule has 0 amide bonds. The van der Waals surface area contributed by atoms with Crippen molar-refractivity contribution in [2.45, 2.75) is 32.2 Å². The van der Waals surface area contributed by atoms with Crippen molar-refractivity contribution in [3.8, 4) is 11.8 Å². The van der Waals surface area contributed by atoms with Crippen LogP contribution >= 0.6 is 0 Å². The van der Waals surface area contributed by atoms with Gasteiger partial charge in [-0.25, -0.2) is 4.39 Å². The molecule has 1 N–H and O–H groups in total. The van der Waals surface area contributed by atoms with Crippen LogP contribution in [0.1, 0.15) is 37.8 Å². The van der Waals surface area contributed by atoms with E-state index in [1.807, 2.05) is 20.0 Å². The lowest BCUT2D eigenvalue weighted by Gasteiger charge is -2.42. The third-order valence-electron chi connectivity index (χ3n) is 3.90. The molecule has 1 aliphatic carbocycles. The number of rotatable bonds is 5. The lowest BCUT2D eigenvalue weighted by Crippen LogP contribution is -2.40.